The van der Waals surface area contributed by atoms with Gasteiger partial charge < -0.3 is 20.1 Å². The highest BCUT2D eigenvalue weighted by Crippen LogP contribution is 2.20. The number of para-hydroxylation sites is 1. The van der Waals surface area contributed by atoms with Gasteiger partial charge in [-0.2, -0.15) is 0 Å². The molecule has 0 fully saturated rings. The van der Waals surface area contributed by atoms with Gasteiger partial charge in [0.25, 0.3) is 0 Å². The first kappa shape index (κ1) is 20.7. The summed E-state index contributed by atoms with van der Waals surface area (Å²) in [6.07, 6.45) is 0. The van der Waals surface area contributed by atoms with Crippen LogP contribution in [0.25, 0.3) is 0 Å². The molecular weight excluding hydrogens is 360 g/mol. The Morgan fingerprint density at radius 3 is 2.59 bits per heavy atom. The molecule has 0 amide bonds. The van der Waals surface area contributed by atoms with Gasteiger partial charge in [-0.05, 0) is 69.2 Å². The van der Waals surface area contributed by atoms with E-state index in [0.29, 0.717) is 23.9 Å². The highest BCUT2D eigenvalue weighted by molar-refractivity contribution is 7.80. The van der Waals surface area contributed by atoms with E-state index in [0.717, 1.165) is 22.6 Å². The lowest BCUT2D eigenvalue weighted by molar-refractivity contribution is 0.0525. The zero-order valence-corrected chi connectivity index (χ0v) is 17.0. The summed E-state index contributed by atoms with van der Waals surface area (Å²) in [5, 5.41) is 6.82. The molecule has 0 spiro atoms. The van der Waals surface area contributed by atoms with E-state index in [1.165, 1.54) is 0 Å². The van der Waals surface area contributed by atoms with Crippen LogP contribution in [0.2, 0.25) is 0 Å². The number of aryl methyl sites for hydroxylation is 1. The van der Waals surface area contributed by atoms with Gasteiger partial charge in [0, 0.05) is 5.69 Å². The van der Waals surface area contributed by atoms with Gasteiger partial charge in [0.15, 0.2) is 5.11 Å². The van der Waals surface area contributed by atoms with Gasteiger partial charge in [-0.1, -0.05) is 24.3 Å². The van der Waals surface area contributed by atoms with E-state index in [4.69, 9.17) is 21.7 Å². The van der Waals surface area contributed by atoms with E-state index in [9.17, 15) is 4.79 Å². The number of hydrogen-bond donors (Lipinski definition) is 2. The minimum Gasteiger partial charge on any atom is -0.491 e. The lowest BCUT2D eigenvalue weighted by atomic mass is 10.1. The predicted molar refractivity (Wildman–Crippen MR) is 113 cm³/mol. The predicted octanol–water partition coefficient (Wildman–Crippen LogP) is 4.23. The van der Waals surface area contributed by atoms with Crippen molar-refractivity contribution in [2.75, 3.05) is 18.5 Å². The SMILES string of the molecule is CCOC(=O)c1cccc(NC(=S)NC(C)COc2ccccc2C)c1C. The topological polar surface area (TPSA) is 59.6 Å². The molecule has 2 aromatic rings. The Morgan fingerprint density at radius 1 is 1.15 bits per heavy atom. The van der Waals surface area contributed by atoms with Gasteiger partial charge in [0.05, 0.1) is 18.2 Å². The molecule has 0 saturated heterocycles. The quantitative estimate of drug-likeness (QED) is 0.548. The molecule has 1 unspecified atom stereocenters. The third-order valence-electron chi connectivity index (χ3n) is 4.04. The van der Waals surface area contributed by atoms with Crippen LogP contribution in [0.1, 0.15) is 35.3 Å². The van der Waals surface area contributed by atoms with Gasteiger partial charge in [-0.25, -0.2) is 4.79 Å². The Bertz CT molecular complexity index is 808. The van der Waals surface area contributed by atoms with Crippen molar-refractivity contribution in [3.8, 4) is 5.75 Å². The molecule has 0 aromatic heterocycles. The van der Waals surface area contributed by atoms with Crippen LogP contribution in [0, 0.1) is 13.8 Å². The van der Waals surface area contributed by atoms with Crippen molar-refractivity contribution in [1.29, 1.82) is 0 Å². The summed E-state index contributed by atoms with van der Waals surface area (Å²) in [6.45, 7) is 8.48. The van der Waals surface area contributed by atoms with Crippen LogP contribution in [-0.4, -0.2) is 30.3 Å². The number of hydrogen-bond acceptors (Lipinski definition) is 4. The lowest BCUT2D eigenvalue weighted by Gasteiger charge is -2.19. The summed E-state index contributed by atoms with van der Waals surface area (Å²) in [4.78, 5) is 12.0. The number of ether oxygens (including phenoxy) is 2. The van der Waals surface area contributed by atoms with Gasteiger partial charge >= 0.3 is 5.97 Å². The molecule has 144 valence electrons. The summed E-state index contributed by atoms with van der Waals surface area (Å²) in [5.41, 5.74) is 3.19. The molecule has 0 aliphatic heterocycles. The molecule has 2 aromatic carbocycles. The number of carbonyl (C=O) groups excluding carboxylic acids is 1. The minimum absolute atomic E-state index is 0.0122. The van der Waals surface area contributed by atoms with Gasteiger partial charge in [0.1, 0.15) is 12.4 Å². The maximum atomic E-state index is 12.0. The van der Waals surface area contributed by atoms with Crippen molar-refractivity contribution >= 4 is 29.0 Å². The molecule has 6 heteroatoms. The summed E-state index contributed by atoms with van der Waals surface area (Å²) < 4.78 is 10.9. The lowest BCUT2D eigenvalue weighted by Crippen LogP contribution is -2.39. The van der Waals surface area contributed by atoms with Crippen LogP contribution in [0.5, 0.6) is 5.75 Å². The molecule has 0 aliphatic rings. The summed E-state index contributed by atoms with van der Waals surface area (Å²) >= 11 is 5.39. The number of benzene rings is 2. The maximum Gasteiger partial charge on any atom is 0.338 e. The van der Waals surface area contributed by atoms with E-state index in [-0.39, 0.29) is 12.0 Å². The van der Waals surface area contributed by atoms with Crippen LogP contribution < -0.4 is 15.4 Å². The molecule has 0 bridgehead atoms. The van der Waals surface area contributed by atoms with Crippen LogP contribution in [-0.2, 0) is 4.74 Å². The fraction of sp³-hybridized carbons (Fsp3) is 0.333. The third-order valence-corrected chi connectivity index (χ3v) is 4.26. The monoisotopic (exact) mass is 386 g/mol. The molecule has 5 nitrogen and oxygen atoms in total. The Morgan fingerprint density at radius 2 is 1.89 bits per heavy atom. The van der Waals surface area contributed by atoms with E-state index in [1.54, 1.807) is 19.1 Å². The van der Waals surface area contributed by atoms with Gasteiger partial charge in [-0.3, -0.25) is 0 Å². The molecule has 27 heavy (non-hydrogen) atoms. The van der Waals surface area contributed by atoms with Crippen LogP contribution in [0.4, 0.5) is 5.69 Å². The largest absolute Gasteiger partial charge is 0.491 e. The molecule has 2 rings (SSSR count). The Kier molecular flexibility index (Phi) is 7.61. The molecule has 0 saturated carbocycles. The van der Waals surface area contributed by atoms with E-state index < -0.39 is 0 Å². The summed E-state index contributed by atoms with van der Waals surface area (Å²) in [6, 6.07) is 13.3. The highest BCUT2D eigenvalue weighted by Gasteiger charge is 2.14. The summed E-state index contributed by atoms with van der Waals surface area (Å²) in [5.74, 6) is 0.528. The molecule has 1 atom stereocenters. The Labute approximate surface area is 166 Å². The van der Waals surface area contributed by atoms with Gasteiger partial charge in [0.2, 0.25) is 0 Å². The van der Waals surface area contributed by atoms with Crippen molar-refractivity contribution < 1.29 is 14.3 Å². The van der Waals surface area contributed by atoms with Crippen LogP contribution in [0.15, 0.2) is 42.5 Å². The zero-order chi connectivity index (χ0) is 19.8. The number of rotatable bonds is 7. The average molecular weight is 387 g/mol. The second-order valence-corrected chi connectivity index (χ2v) is 6.68. The number of thiocarbonyl (C=S) groups is 1. The Balaban J connectivity index is 1.92. The normalized spacial score (nSPS) is 11.4. The molecule has 0 heterocycles. The molecule has 0 aliphatic carbocycles. The minimum atomic E-state index is -0.336. The first-order valence-corrected chi connectivity index (χ1v) is 9.35. The van der Waals surface area contributed by atoms with Crippen LogP contribution >= 0.6 is 12.2 Å². The first-order chi connectivity index (χ1) is 12.9. The van der Waals surface area contributed by atoms with E-state index in [2.05, 4.69) is 10.6 Å². The Hall–Kier alpha value is -2.60. The zero-order valence-electron chi connectivity index (χ0n) is 16.2. The standard InChI is InChI=1S/C21H26N2O3S/c1-5-25-20(24)17-10-8-11-18(16(17)4)23-21(27)22-15(3)13-26-19-12-7-6-9-14(19)2/h6-12,15H,5,13H2,1-4H3,(H2,22,23,27). The van der Waals surface area contributed by atoms with Crippen molar-refractivity contribution in [2.45, 2.75) is 33.7 Å². The number of carbonyl (C=O) groups is 1. The maximum absolute atomic E-state index is 12.0. The molecule has 2 N–H and O–H groups in total. The number of esters is 1. The van der Waals surface area contributed by atoms with E-state index >= 15 is 0 Å². The van der Waals surface area contributed by atoms with Crippen molar-refractivity contribution in [3.05, 3.63) is 59.2 Å². The number of anilines is 1. The third kappa shape index (κ3) is 5.96. The van der Waals surface area contributed by atoms with Crippen molar-refractivity contribution in [3.63, 3.8) is 0 Å². The van der Waals surface area contributed by atoms with Gasteiger partial charge in [-0.15, -0.1) is 0 Å². The number of nitrogens with one attached hydrogen (secondary N) is 2. The molecular formula is C21H26N2O3S. The van der Waals surface area contributed by atoms with Crippen molar-refractivity contribution in [2.24, 2.45) is 0 Å². The second-order valence-electron chi connectivity index (χ2n) is 6.27. The van der Waals surface area contributed by atoms with Crippen LogP contribution in [0.3, 0.4) is 0 Å². The highest BCUT2D eigenvalue weighted by atomic mass is 32.1. The molecule has 0 radical (unpaired) electrons. The fourth-order valence-electron chi connectivity index (χ4n) is 2.56. The average Bonchev–Trinajstić information content (AvgIpc) is 2.63. The van der Waals surface area contributed by atoms with Crippen molar-refractivity contribution in [1.82, 2.24) is 5.32 Å². The smallest absolute Gasteiger partial charge is 0.338 e. The fourth-order valence-corrected chi connectivity index (χ4v) is 2.87. The van der Waals surface area contributed by atoms with E-state index in [1.807, 2.05) is 51.1 Å². The second kappa shape index (κ2) is 9.92. The summed E-state index contributed by atoms with van der Waals surface area (Å²) in [7, 11) is 0. The first-order valence-electron chi connectivity index (χ1n) is 8.95.